The SMILES string of the molecule is C=C(F)C(=O)N1CCN(c2nc(OCC34CC3CCN4C)nc3c2CCN(c2cccc4cccc(Cl)c24)C3)C[C@@H]1CC#N. The number of hydrogen-bond donors (Lipinski definition) is 0. The number of amides is 1. The van der Waals surface area contributed by atoms with E-state index in [9.17, 15) is 14.4 Å². The van der Waals surface area contributed by atoms with E-state index in [1.807, 2.05) is 12.1 Å². The van der Waals surface area contributed by atoms with E-state index in [-0.39, 0.29) is 18.5 Å². The molecule has 44 heavy (non-hydrogen) atoms. The molecule has 11 heteroatoms. The third-order valence-corrected chi connectivity index (χ3v) is 10.3. The Balaban J connectivity index is 1.23. The van der Waals surface area contributed by atoms with E-state index in [4.69, 9.17) is 26.3 Å². The molecule has 228 valence electrons. The van der Waals surface area contributed by atoms with Gasteiger partial charge in [0.1, 0.15) is 12.4 Å². The number of carbonyl (C=O) groups is 1. The summed E-state index contributed by atoms with van der Waals surface area (Å²) in [5, 5.41) is 12.3. The van der Waals surface area contributed by atoms with E-state index in [0.29, 0.717) is 49.6 Å². The van der Waals surface area contributed by atoms with Gasteiger partial charge in [0, 0.05) is 42.8 Å². The Hall–Kier alpha value is -3.94. The number of benzene rings is 2. The zero-order valence-electron chi connectivity index (χ0n) is 24.8. The highest BCUT2D eigenvalue weighted by Gasteiger charge is 2.61. The average molecular weight is 616 g/mol. The van der Waals surface area contributed by atoms with Gasteiger partial charge in [0.2, 0.25) is 0 Å². The molecule has 0 N–H and O–H groups in total. The van der Waals surface area contributed by atoms with Crippen LogP contribution in [0.25, 0.3) is 10.8 Å². The van der Waals surface area contributed by atoms with Crippen LogP contribution in [0, 0.1) is 17.2 Å². The highest BCUT2D eigenvalue weighted by Crippen LogP contribution is 2.54. The summed E-state index contributed by atoms with van der Waals surface area (Å²) in [6.07, 6.45) is 3.10. The van der Waals surface area contributed by atoms with Crippen LogP contribution in [0.4, 0.5) is 15.9 Å². The highest BCUT2D eigenvalue weighted by atomic mass is 35.5. The summed E-state index contributed by atoms with van der Waals surface area (Å²) in [4.78, 5) is 30.7. The van der Waals surface area contributed by atoms with Gasteiger partial charge in [-0.3, -0.25) is 9.69 Å². The molecule has 7 rings (SSSR count). The summed E-state index contributed by atoms with van der Waals surface area (Å²) in [5.74, 6) is -0.361. The number of rotatable bonds is 7. The number of halogens is 2. The number of carbonyl (C=O) groups excluding carboxylic acids is 1. The third kappa shape index (κ3) is 4.92. The first kappa shape index (κ1) is 28.8. The van der Waals surface area contributed by atoms with Gasteiger partial charge < -0.3 is 19.4 Å². The van der Waals surface area contributed by atoms with Gasteiger partial charge in [-0.05, 0) is 56.3 Å². The lowest BCUT2D eigenvalue weighted by Crippen LogP contribution is -2.55. The molecular weight excluding hydrogens is 581 g/mol. The monoisotopic (exact) mass is 615 g/mol. The van der Waals surface area contributed by atoms with E-state index in [2.05, 4.69) is 58.7 Å². The molecule has 0 spiro atoms. The fourth-order valence-corrected chi connectivity index (χ4v) is 7.74. The molecule has 0 bridgehead atoms. The van der Waals surface area contributed by atoms with Gasteiger partial charge in [0.25, 0.3) is 5.91 Å². The zero-order chi connectivity index (χ0) is 30.6. The van der Waals surface area contributed by atoms with Crippen LogP contribution in [0.15, 0.2) is 48.8 Å². The Morgan fingerprint density at radius 3 is 2.73 bits per heavy atom. The second-order valence-corrected chi connectivity index (χ2v) is 12.8. The number of nitriles is 1. The molecule has 4 aliphatic rings. The molecule has 1 aromatic heterocycles. The van der Waals surface area contributed by atoms with Crippen molar-refractivity contribution in [1.82, 2.24) is 19.8 Å². The lowest BCUT2D eigenvalue weighted by molar-refractivity contribution is -0.131. The van der Waals surface area contributed by atoms with Gasteiger partial charge >= 0.3 is 6.01 Å². The predicted molar refractivity (Wildman–Crippen MR) is 168 cm³/mol. The lowest BCUT2D eigenvalue weighted by Gasteiger charge is -2.42. The summed E-state index contributed by atoms with van der Waals surface area (Å²) in [6, 6.07) is 14.2. The van der Waals surface area contributed by atoms with Crippen molar-refractivity contribution in [3.05, 3.63) is 65.1 Å². The Labute approximate surface area is 261 Å². The zero-order valence-corrected chi connectivity index (χ0v) is 25.6. The number of piperazine rings is 1. The maximum Gasteiger partial charge on any atom is 0.318 e. The van der Waals surface area contributed by atoms with Crippen LogP contribution in [0.2, 0.25) is 5.02 Å². The number of fused-ring (bicyclic) bond motifs is 3. The van der Waals surface area contributed by atoms with Crippen LogP contribution in [-0.4, -0.2) is 83.6 Å². The van der Waals surface area contributed by atoms with Crippen molar-refractivity contribution in [3.63, 3.8) is 0 Å². The Morgan fingerprint density at radius 1 is 1.18 bits per heavy atom. The molecule has 3 atom stereocenters. The fourth-order valence-electron chi connectivity index (χ4n) is 7.47. The van der Waals surface area contributed by atoms with Crippen molar-refractivity contribution < 1.29 is 13.9 Å². The molecule has 9 nitrogen and oxygen atoms in total. The van der Waals surface area contributed by atoms with E-state index in [1.165, 1.54) is 11.3 Å². The summed E-state index contributed by atoms with van der Waals surface area (Å²) in [6.45, 7) is 7.15. The van der Waals surface area contributed by atoms with Crippen LogP contribution in [-0.2, 0) is 17.8 Å². The predicted octanol–water partition coefficient (Wildman–Crippen LogP) is 4.73. The summed E-state index contributed by atoms with van der Waals surface area (Å²) >= 11 is 6.70. The standard InChI is InChI=1S/C33H35ClFN7O2/c1-21(35)31(43)42-16-15-41(18-24(42)9-12-36)30-25-11-14-40(28-8-4-6-22-5-3-7-26(34)29(22)28)19-27(25)37-32(38-30)44-20-33-17-23(33)10-13-39(33)2/h3-8,23-24H,1,9-11,13-20H2,2H3/t23?,24-,33?/m0/s1. The smallest absolute Gasteiger partial charge is 0.318 e. The minimum atomic E-state index is -1.01. The van der Waals surface area contributed by atoms with Crippen molar-refractivity contribution >= 4 is 39.8 Å². The lowest BCUT2D eigenvalue weighted by atomic mass is 10.0. The number of anilines is 2. The van der Waals surface area contributed by atoms with Crippen molar-refractivity contribution in [2.75, 3.05) is 56.2 Å². The summed E-state index contributed by atoms with van der Waals surface area (Å²) in [5.41, 5.74) is 3.04. The molecule has 3 aliphatic heterocycles. The van der Waals surface area contributed by atoms with Crippen molar-refractivity contribution in [1.29, 1.82) is 5.26 Å². The second-order valence-electron chi connectivity index (χ2n) is 12.4. The number of nitrogens with zero attached hydrogens (tertiary/aromatic N) is 7. The van der Waals surface area contributed by atoms with Crippen molar-refractivity contribution in [3.8, 4) is 12.1 Å². The molecule has 1 amide bonds. The molecule has 2 unspecified atom stereocenters. The molecule has 3 aromatic rings. The van der Waals surface area contributed by atoms with Crippen LogP contribution in [0.3, 0.4) is 0 Å². The molecule has 0 radical (unpaired) electrons. The normalized spacial score (nSPS) is 24.5. The van der Waals surface area contributed by atoms with Crippen molar-refractivity contribution in [2.45, 2.75) is 43.8 Å². The fraction of sp³-hybridized carbons (Fsp3) is 0.455. The number of likely N-dealkylation sites (tertiary alicyclic amines) is 1. The largest absolute Gasteiger partial charge is 0.461 e. The van der Waals surface area contributed by atoms with Gasteiger partial charge in [-0.2, -0.15) is 15.2 Å². The van der Waals surface area contributed by atoms with Crippen LogP contribution in [0.1, 0.15) is 30.5 Å². The Bertz CT molecular complexity index is 1690. The van der Waals surface area contributed by atoms with Gasteiger partial charge in [0.05, 0.1) is 41.3 Å². The molecule has 1 saturated carbocycles. The minimum absolute atomic E-state index is 0.0593. The molecule has 1 aliphatic carbocycles. The Kier molecular flexibility index (Phi) is 7.34. The molecular formula is C33H35ClFN7O2. The minimum Gasteiger partial charge on any atom is -0.461 e. The van der Waals surface area contributed by atoms with Crippen LogP contribution >= 0.6 is 11.6 Å². The van der Waals surface area contributed by atoms with Crippen LogP contribution in [0.5, 0.6) is 6.01 Å². The molecule has 2 saturated heterocycles. The van der Waals surface area contributed by atoms with Crippen LogP contribution < -0.4 is 14.5 Å². The number of ether oxygens (including phenoxy) is 1. The highest BCUT2D eigenvalue weighted by molar-refractivity contribution is 6.36. The number of aromatic nitrogens is 2. The van der Waals surface area contributed by atoms with E-state index in [1.54, 1.807) is 0 Å². The maximum atomic E-state index is 13.8. The molecule has 3 fully saturated rings. The Morgan fingerprint density at radius 2 is 2.00 bits per heavy atom. The van der Waals surface area contributed by atoms with E-state index >= 15 is 0 Å². The summed E-state index contributed by atoms with van der Waals surface area (Å²) in [7, 11) is 2.16. The van der Waals surface area contributed by atoms with Gasteiger partial charge in [-0.25, -0.2) is 4.39 Å². The number of likely N-dealkylation sites (N-methyl/N-ethyl adjacent to an activating group) is 1. The van der Waals surface area contributed by atoms with E-state index in [0.717, 1.165) is 53.0 Å². The first-order valence-electron chi connectivity index (χ1n) is 15.2. The number of hydrogen-bond acceptors (Lipinski definition) is 8. The topological polar surface area (TPSA) is 88.8 Å². The quantitative estimate of drug-likeness (QED) is 0.353. The number of piperidine rings is 1. The average Bonchev–Trinajstić information content (AvgIpc) is 3.67. The maximum absolute atomic E-state index is 13.8. The first-order valence-corrected chi connectivity index (χ1v) is 15.6. The van der Waals surface area contributed by atoms with Gasteiger partial charge in [-0.15, -0.1) is 0 Å². The third-order valence-electron chi connectivity index (χ3n) is 10.0. The van der Waals surface area contributed by atoms with Crippen molar-refractivity contribution in [2.24, 2.45) is 5.92 Å². The first-order chi connectivity index (χ1) is 21.3. The molecule has 2 aromatic carbocycles. The van der Waals surface area contributed by atoms with Gasteiger partial charge in [0.15, 0.2) is 5.83 Å². The molecule has 4 heterocycles. The van der Waals surface area contributed by atoms with Gasteiger partial charge in [-0.1, -0.05) is 42.4 Å². The van der Waals surface area contributed by atoms with E-state index < -0.39 is 17.8 Å². The summed E-state index contributed by atoms with van der Waals surface area (Å²) < 4.78 is 20.2. The second kappa shape index (κ2) is 11.2.